The third-order valence-electron chi connectivity index (χ3n) is 5.59. The lowest BCUT2D eigenvalue weighted by molar-refractivity contribution is -0.123. The molecule has 0 fully saturated rings. The first-order valence-corrected chi connectivity index (χ1v) is 12.5. The van der Waals surface area contributed by atoms with E-state index in [0.29, 0.717) is 29.6 Å². The van der Waals surface area contributed by atoms with Gasteiger partial charge in [0.15, 0.2) is 6.61 Å². The van der Waals surface area contributed by atoms with Crippen LogP contribution in [0.2, 0.25) is 0 Å². The van der Waals surface area contributed by atoms with Gasteiger partial charge in [0.1, 0.15) is 17.2 Å². The Morgan fingerprint density at radius 2 is 1.65 bits per heavy atom. The highest BCUT2D eigenvalue weighted by Crippen LogP contribution is 2.24. The number of benzene rings is 3. The summed E-state index contributed by atoms with van der Waals surface area (Å²) in [5, 5.41) is 3.97. The Morgan fingerprint density at radius 3 is 2.32 bits per heavy atom. The Balaban J connectivity index is 1.45. The second-order valence-electron chi connectivity index (χ2n) is 8.95. The van der Waals surface area contributed by atoms with E-state index < -0.39 is 5.97 Å². The molecule has 7 heteroatoms. The SMILES string of the molecule is CCCCOc1ccc(C(=O)Oc2ccc(/C=N/NC(=O)COc3cc(C(C)C)ccc3C)cc2)cc1. The van der Waals surface area contributed by atoms with Gasteiger partial charge >= 0.3 is 5.97 Å². The maximum Gasteiger partial charge on any atom is 0.343 e. The summed E-state index contributed by atoms with van der Waals surface area (Å²) in [6, 6.07) is 19.7. The maximum atomic E-state index is 12.4. The lowest BCUT2D eigenvalue weighted by Gasteiger charge is -2.12. The van der Waals surface area contributed by atoms with Crippen molar-refractivity contribution >= 4 is 18.1 Å². The lowest BCUT2D eigenvalue weighted by atomic mass is 10.0. The fourth-order valence-corrected chi connectivity index (χ4v) is 3.30. The number of hydrazone groups is 1. The number of carbonyl (C=O) groups excluding carboxylic acids is 2. The zero-order valence-electron chi connectivity index (χ0n) is 21.8. The molecule has 1 amide bonds. The average molecular weight is 503 g/mol. The first kappa shape index (κ1) is 27.5. The number of hydrogen-bond donors (Lipinski definition) is 1. The molecule has 0 spiro atoms. The Hall–Kier alpha value is -4.13. The van der Waals surface area contributed by atoms with E-state index in [0.717, 1.165) is 35.3 Å². The molecule has 7 nitrogen and oxygen atoms in total. The Labute approximate surface area is 218 Å². The summed E-state index contributed by atoms with van der Waals surface area (Å²) >= 11 is 0. The minimum atomic E-state index is -0.456. The number of amides is 1. The topological polar surface area (TPSA) is 86.2 Å². The molecule has 0 radical (unpaired) electrons. The van der Waals surface area contributed by atoms with E-state index in [-0.39, 0.29) is 12.5 Å². The first-order valence-electron chi connectivity index (χ1n) is 12.5. The maximum absolute atomic E-state index is 12.4. The molecule has 1 N–H and O–H groups in total. The number of hydrogen-bond acceptors (Lipinski definition) is 6. The summed E-state index contributed by atoms with van der Waals surface area (Å²) in [6.07, 6.45) is 3.55. The summed E-state index contributed by atoms with van der Waals surface area (Å²) < 4.78 is 16.7. The van der Waals surface area contributed by atoms with Crippen molar-refractivity contribution in [2.24, 2.45) is 5.10 Å². The van der Waals surface area contributed by atoms with E-state index in [4.69, 9.17) is 14.2 Å². The summed E-state index contributed by atoms with van der Waals surface area (Å²) in [7, 11) is 0. The van der Waals surface area contributed by atoms with Crippen molar-refractivity contribution in [3.63, 3.8) is 0 Å². The van der Waals surface area contributed by atoms with Crippen LogP contribution in [0.4, 0.5) is 0 Å². The molecule has 0 aliphatic rings. The molecule has 37 heavy (non-hydrogen) atoms. The average Bonchev–Trinajstić information content (AvgIpc) is 2.89. The van der Waals surface area contributed by atoms with Crippen LogP contribution in [-0.2, 0) is 4.79 Å². The fourth-order valence-electron chi connectivity index (χ4n) is 3.30. The normalized spacial score (nSPS) is 10.9. The lowest BCUT2D eigenvalue weighted by Crippen LogP contribution is -2.24. The number of carbonyl (C=O) groups is 2. The Kier molecular flexibility index (Phi) is 10.3. The van der Waals surface area contributed by atoms with Crippen molar-refractivity contribution in [3.8, 4) is 17.2 Å². The molecule has 0 saturated heterocycles. The number of aryl methyl sites for hydroxylation is 1. The first-order chi connectivity index (χ1) is 17.9. The van der Waals surface area contributed by atoms with E-state index in [1.54, 1.807) is 48.5 Å². The molecule has 3 aromatic rings. The molecule has 0 saturated carbocycles. The molecule has 0 unspecified atom stereocenters. The molecule has 3 aromatic carbocycles. The molecule has 0 aliphatic carbocycles. The predicted octanol–water partition coefficient (Wildman–Crippen LogP) is 6.05. The smallest absolute Gasteiger partial charge is 0.343 e. The van der Waals surface area contributed by atoms with Gasteiger partial charge in [-0.3, -0.25) is 4.79 Å². The van der Waals surface area contributed by atoms with Gasteiger partial charge in [-0.05, 0) is 90.6 Å². The van der Waals surface area contributed by atoms with Crippen LogP contribution in [0.3, 0.4) is 0 Å². The van der Waals surface area contributed by atoms with Crippen molar-refractivity contribution in [2.75, 3.05) is 13.2 Å². The zero-order chi connectivity index (χ0) is 26.6. The van der Waals surface area contributed by atoms with E-state index in [2.05, 4.69) is 37.4 Å². The molecule has 0 bridgehead atoms. The fraction of sp³-hybridized carbons (Fsp3) is 0.300. The van der Waals surface area contributed by atoms with Gasteiger partial charge in [-0.1, -0.05) is 39.3 Å². The van der Waals surface area contributed by atoms with Crippen molar-refractivity contribution in [1.29, 1.82) is 0 Å². The molecule has 194 valence electrons. The minimum absolute atomic E-state index is 0.138. The standard InChI is InChI=1S/C30H34N2O5/c1-5-6-17-35-26-15-11-24(12-16-26)30(34)37-27-13-8-23(9-14-27)19-31-32-29(33)20-36-28-18-25(21(2)3)10-7-22(28)4/h7-16,18-19,21H,5-6,17,20H2,1-4H3,(H,32,33)/b31-19+. The molecule has 3 rings (SSSR count). The van der Waals surface area contributed by atoms with E-state index in [9.17, 15) is 9.59 Å². The van der Waals surface area contributed by atoms with Gasteiger partial charge in [-0.2, -0.15) is 5.10 Å². The number of nitrogens with one attached hydrogen (secondary N) is 1. The van der Waals surface area contributed by atoms with Crippen LogP contribution in [0.15, 0.2) is 71.8 Å². The van der Waals surface area contributed by atoms with E-state index in [1.807, 2.05) is 19.1 Å². The van der Waals surface area contributed by atoms with Crippen LogP contribution in [0.25, 0.3) is 0 Å². The molecule has 0 aliphatic heterocycles. The highest BCUT2D eigenvalue weighted by molar-refractivity contribution is 5.91. The van der Waals surface area contributed by atoms with Gasteiger partial charge in [-0.15, -0.1) is 0 Å². The highest BCUT2D eigenvalue weighted by Gasteiger charge is 2.10. The summed E-state index contributed by atoms with van der Waals surface area (Å²) in [5.74, 6) is 1.37. The van der Waals surface area contributed by atoms with Crippen molar-refractivity contribution in [1.82, 2.24) is 5.43 Å². The van der Waals surface area contributed by atoms with Crippen molar-refractivity contribution in [2.45, 2.75) is 46.5 Å². The van der Waals surface area contributed by atoms with Gasteiger partial charge < -0.3 is 14.2 Å². The monoisotopic (exact) mass is 502 g/mol. The van der Waals surface area contributed by atoms with Crippen LogP contribution in [0.5, 0.6) is 17.2 Å². The minimum Gasteiger partial charge on any atom is -0.494 e. The van der Waals surface area contributed by atoms with Crippen molar-refractivity contribution in [3.05, 3.63) is 89.0 Å². The second kappa shape index (κ2) is 13.8. The zero-order valence-corrected chi connectivity index (χ0v) is 21.8. The van der Waals surface area contributed by atoms with Crippen LogP contribution < -0.4 is 19.6 Å². The largest absolute Gasteiger partial charge is 0.494 e. The van der Waals surface area contributed by atoms with Gasteiger partial charge in [0.05, 0.1) is 18.4 Å². The number of esters is 1. The number of unbranched alkanes of at least 4 members (excludes halogenated alkanes) is 1. The molecular weight excluding hydrogens is 468 g/mol. The van der Waals surface area contributed by atoms with Crippen LogP contribution in [-0.4, -0.2) is 31.3 Å². The van der Waals surface area contributed by atoms with Gasteiger partial charge in [0.25, 0.3) is 5.91 Å². The van der Waals surface area contributed by atoms with Crippen LogP contribution in [0.1, 0.15) is 66.6 Å². The number of rotatable bonds is 12. The molecule has 0 aromatic heterocycles. The molecule has 0 heterocycles. The quantitative estimate of drug-likeness (QED) is 0.107. The summed E-state index contributed by atoms with van der Waals surface area (Å²) in [4.78, 5) is 24.5. The van der Waals surface area contributed by atoms with Crippen LogP contribution >= 0.6 is 0 Å². The van der Waals surface area contributed by atoms with Crippen LogP contribution in [0, 0.1) is 6.92 Å². The number of nitrogens with zero attached hydrogens (tertiary/aromatic N) is 1. The van der Waals surface area contributed by atoms with Gasteiger partial charge in [0.2, 0.25) is 0 Å². The van der Waals surface area contributed by atoms with Crippen molar-refractivity contribution < 1.29 is 23.8 Å². The Bertz CT molecular complexity index is 1200. The molecular formula is C30H34N2O5. The van der Waals surface area contributed by atoms with Gasteiger partial charge in [0, 0.05) is 0 Å². The van der Waals surface area contributed by atoms with Gasteiger partial charge in [-0.25, -0.2) is 10.2 Å². The third kappa shape index (κ3) is 8.79. The van der Waals surface area contributed by atoms with E-state index in [1.165, 1.54) is 6.21 Å². The van der Waals surface area contributed by atoms with E-state index >= 15 is 0 Å². The molecule has 0 atom stereocenters. The highest BCUT2D eigenvalue weighted by atomic mass is 16.5. The Morgan fingerprint density at radius 1 is 0.946 bits per heavy atom. The third-order valence-corrected chi connectivity index (χ3v) is 5.59. The number of ether oxygens (including phenoxy) is 3. The predicted molar refractivity (Wildman–Crippen MR) is 145 cm³/mol. The second-order valence-corrected chi connectivity index (χ2v) is 8.95. The summed E-state index contributed by atoms with van der Waals surface area (Å²) in [5.41, 5.74) is 5.74. The summed E-state index contributed by atoms with van der Waals surface area (Å²) in [6.45, 7) is 8.77.